The molecular weight excluding hydrogens is 321 g/mol. The van der Waals surface area contributed by atoms with Gasteiger partial charge in [-0.1, -0.05) is 0 Å². The molecule has 1 rings (SSSR count). The van der Waals surface area contributed by atoms with Crippen molar-refractivity contribution in [2.24, 2.45) is 5.73 Å². The number of halogens is 2. The van der Waals surface area contributed by atoms with Crippen LogP contribution >= 0.6 is 36.2 Å². The zero-order chi connectivity index (χ0) is 13.5. The average Bonchev–Trinajstić information content (AvgIpc) is 2.65. The third-order valence-electron chi connectivity index (χ3n) is 2.68. The molecular formula is C12H23Cl2N3O2S. The summed E-state index contributed by atoms with van der Waals surface area (Å²) in [6.45, 7) is 4.97. The van der Waals surface area contributed by atoms with Crippen molar-refractivity contribution in [1.82, 2.24) is 10.3 Å². The maximum atomic E-state index is 11.6. The van der Waals surface area contributed by atoms with Crippen LogP contribution in [0.3, 0.4) is 0 Å². The van der Waals surface area contributed by atoms with E-state index in [4.69, 9.17) is 10.5 Å². The molecule has 0 fully saturated rings. The molecule has 118 valence electrons. The second-order valence-corrected chi connectivity index (χ2v) is 5.43. The topological polar surface area (TPSA) is 77.2 Å². The molecule has 1 aromatic heterocycles. The second-order valence-electron chi connectivity index (χ2n) is 4.14. The molecule has 0 saturated carbocycles. The summed E-state index contributed by atoms with van der Waals surface area (Å²) in [6.07, 6.45) is 0.939. The van der Waals surface area contributed by atoms with Crippen LogP contribution in [-0.4, -0.2) is 37.2 Å². The van der Waals surface area contributed by atoms with Gasteiger partial charge in [-0.05, 0) is 13.8 Å². The zero-order valence-corrected chi connectivity index (χ0v) is 14.4. The fraction of sp³-hybridized carbons (Fsp3) is 0.667. The number of methoxy groups -OCH3 is 1. The van der Waals surface area contributed by atoms with Crippen molar-refractivity contribution in [1.29, 1.82) is 0 Å². The van der Waals surface area contributed by atoms with E-state index in [9.17, 15) is 4.79 Å². The Labute approximate surface area is 136 Å². The highest BCUT2D eigenvalue weighted by atomic mass is 35.5. The molecule has 1 unspecified atom stereocenters. The fourth-order valence-corrected chi connectivity index (χ4v) is 2.60. The van der Waals surface area contributed by atoms with E-state index in [1.165, 1.54) is 4.88 Å². The molecule has 1 aromatic rings. The Hall–Kier alpha value is -0.400. The van der Waals surface area contributed by atoms with Gasteiger partial charge in [0, 0.05) is 31.5 Å². The van der Waals surface area contributed by atoms with Crippen LogP contribution in [0.4, 0.5) is 0 Å². The molecule has 1 heterocycles. The minimum Gasteiger partial charge on any atom is -0.380 e. The summed E-state index contributed by atoms with van der Waals surface area (Å²) in [4.78, 5) is 17.2. The number of thiazole rings is 1. The molecule has 0 aromatic carbocycles. The van der Waals surface area contributed by atoms with Gasteiger partial charge in [-0.2, -0.15) is 0 Å². The van der Waals surface area contributed by atoms with Gasteiger partial charge in [-0.3, -0.25) is 4.79 Å². The minimum absolute atomic E-state index is 0. The number of aromatic nitrogens is 1. The van der Waals surface area contributed by atoms with Crippen molar-refractivity contribution in [2.75, 3.05) is 20.2 Å². The number of carbonyl (C=O) groups excluding carboxylic acids is 1. The number of aryl methyl sites for hydroxylation is 2. The van der Waals surface area contributed by atoms with Crippen LogP contribution in [0, 0.1) is 13.8 Å². The third kappa shape index (κ3) is 7.40. The first-order chi connectivity index (χ1) is 8.56. The monoisotopic (exact) mass is 343 g/mol. The third-order valence-corrected chi connectivity index (χ3v) is 3.82. The first kappa shape index (κ1) is 21.9. The Bertz CT molecular complexity index is 398. The highest BCUT2D eigenvalue weighted by molar-refractivity contribution is 7.11. The highest BCUT2D eigenvalue weighted by Crippen LogP contribution is 2.17. The Morgan fingerprint density at radius 3 is 2.55 bits per heavy atom. The van der Waals surface area contributed by atoms with Crippen LogP contribution < -0.4 is 11.1 Å². The average molecular weight is 344 g/mol. The standard InChI is InChI=1S/C12H21N3O2S.2ClH/c1-8-11(18-9(2)15-8)4-5-14-12(16)6-10(7-13)17-3;;/h10H,4-7,13H2,1-3H3,(H,14,16);2*1H. The van der Waals surface area contributed by atoms with E-state index >= 15 is 0 Å². The molecule has 5 nitrogen and oxygen atoms in total. The molecule has 0 aliphatic heterocycles. The molecule has 1 atom stereocenters. The molecule has 0 saturated heterocycles. The van der Waals surface area contributed by atoms with Crippen molar-refractivity contribution in [3.63, 3.8) is 0 Å². The number of amides is 1. The van der Waals surface area contributed by atoms with Crippen molar-refractivity contribution >= 4 is 42.1 Å². The largest absolute Gasteiger partial charge is 0.380 e. The summed E-state index contributed by atoms with van der Waals surface area (Å²) < 4.78 is 5.06. The number of nitrogens with one attached hydrogen (secondary N) is 1. The predicted molar refractivity (Wildman–Crippen MR) is 87.3 cm³/mol. The summed E-state index contributed by atoms with van der Waals surface area (Å²) in [7, 11) is 1.56. The van der Waals surface area contributed by atoms with Crippen molar-refractivity contribution < 1.29 is 9.53 Å². The Balaban J connectivity index is 0. The maximum Gasteiger partial charge on any atom is 0.222 e. The summed E-state index contributed by atoms with van der Waals surface area (Å²) in [6, 6.07) is 0. The van der Waals surface area contributed by atoms with E-state index in [1.807, 2.05) is 13.8 Å². The van der Waals surface area contributed by atoms with Crippen LogP contribution in [0.25, 0.3) is 0 Å². The summed E-state index contributed by atoms with van der Waals surface area (Å²) in [5.41, 5.74) is 6.52. The van der Waals surface area contributed by atoms with E-state index in [0.29, 0.717) is 19.5 Å². The SMILES string of the molecule is COC(CN)CC(=O)NCCc1sc(C)nc1C.Cl.Cl. The molecule has 20 heavy (non-hydrogen) atoms. The van der Waals surface area contributed by atoms with Gasteiger partial charge in [-0.25, -0.2) is 4.98 Å². The van der Waals surface area contributed by atoms with Gasteiger partial charge in [0.2, 0.25) is 5.91 Å². The van der Waals surface area contributed by atoms with Crippen LogP contribution in [0.15, 0.2) is 0 Å². The van der Waals surface area contributed by atoms with Gasteiger partial charge in [0.05, 0.1) is 23.2 Å². The smallest absolute Gasteiger partial charge is 0.222 e. The van der Waals surface area contributed by atoms with Crippen LogP contribution in [-0.2, 0) is 16.0 Å². The van der Waals surface area contributed by atoms with E-state index < -0.39 is 0 Å². The first-order valence-electron chi connectivity index (χ1n) is 5.99. The highest BCUT2D eigenvalue weighted by Gasteiger charge is 2.11. The number of ether oxygens (including phenoxy) is 1. The lowest BCUT2D eigenvalue weighted by molar-refractivity contribution is -0.123. The van der Waals surface area contributed by atoms with E-state index in [-0.39, 0.29) is 36.8 Å². The number of hydrogen-bond acceptors (Lipinski definition) is 5. The molecule has 3 N–H and O–H groups in total. The fourth-order valence-electron chi connectivity index (χ4n) is 1.66. The van der Waals surface area contributed by atoms with E-state index in [1.54, 1.807) is 18.4 Å². The lowest BCUT2D eigenvalue weighted by Crippen LogP contribution is -2.33. The van der Waals surface area contributed by atoms with Crippen molar-refractivity contribution in [3.8, 4) is 0 Å². The summed E-state index contributed by atoms with van der Waals surface area (Å²) in [5.74, 6) is -0.0220. The van der Waals surface area contributed by atoms with Gasteiger partial charge >= 0.3 is 0 Å². The zero-order valence-electron chi connectivity index (χ0n) is 12.0. The minimum atomic E-state index is -0.197. The van der Waals surface area contributed by atoms with Gasteiger partial charge < -0.3 is 15.8 Å². The Morgan fingerprint density at radius 2 is 2.10 bits per heavy atom. The quantitative estimate of drug-likeness (QED) is 0.788. The predicted octanol–water partition coefficient (Wildman–Crippen LogP) is 1.63. The van der Waals surface area contributed by atoms with Gasteiger partial charge in [0.1, 0.15) is 0 Å². The normalized spacial score (nSPS) is 11.2. The molecule has 0 spiro atoms. The lowest BCUT2D eigenvalue weighted by Gasteiger charge is -2.12. The number of nitrogens with zero attached hydrogens (tertiary/aromatic N) is 1. The van der Waals surface area contributed by atoms with Crippen molar-refractivity contribution in [3.05, 3.63) is 15.6 Å². The molecule has 0 radical (unpaired) electrons. The van der Waals surface area contributed by atoms with Gasteiger partial charge in [-0.15, -0.1) is 36.2 Å². The molecule has 1 amide bonds. The van der Waals surface area contributed by atoms with E-state index in [2.05, 4.69) is 10.3 Å². The number of nitrogens with two attached hydrogens (primary N) is 1. The van der Waals surface area contributed by atoms with E-state index in [0.717, 1.165) is 17.1 Å². The second kappa shape index (κ2) is 11.3. The Kier molecular flexibility index (Phi) is 12.3. The number of carbonyl (C=O) groups is 1. The summed E-state index contributed by atoms with van der Waals surface area (Å²) >= 11 is 1.68. The van der Waals surface area contributed by atoms with Crippen LogP contribution in [0.1, 0.15) is 22.0 Å². The maximum absolute atomic E-state index is 11.6. The van der Waals surface area contributed by atoms with Crippen LogP contribution in [0.2, 0.25) is 0 Å². The molecule has 0 aliphatic rings. The lowest BCUT2D eigenvalue weighted by atomic mass is 10.2. The molecule has 0 aliphatic carbocycles. The van der Waals surface area contributed by atoms with Crippen molar-refractivity contribution in [2.45, 2.75) is 32.8 Å². The summed E-state index contributed by atoms with van der Waals surface area (Å²) in [5, 5.41) is 3.94. The van der Waals surface area contributed by atoms with Gasteiger partial charge in [0.25, 0.3) is 0 Å². The Morgan fingerprint density at radius 1 is 1.45 bits per heavy atom. The molecule has 0 bridgehead atoms. The molecule has 8 heteroatoms. The van der Waals surface area contributed by atoms with Gasteiger partial charge in [0.15, 0.2) is 0 Å². The number of rotatable bonds is 7. The van der Waals surface area contributed by atoms with Crippen LogP contribution in [0.5, 0.6) is 0 Å². The number of hydrogen-bond donors (Lipinski definition) is 2. The first-order valence-corrected chi connectivity index (χ1v) is 6.81.